The smallest absolute Gasteiger partial charge is 0.240 e. The summed E-state index contributed by atoms with van der Waals surface area (Å²) >= 11 is 0. The molecule has 0 saturated carbocycles. The number of hydrogen-bond donors (Lipinski definition) is 0. The summed E-state index contributed by atoms with van der Waals surface area (Å²) in [5.74, 6) is 0.106. The van der Waals surface area contributed by atoms with Gasteiger partial charge in [-0.15, -0.1) is 0 Å². The second-order valence-corrected chi connectivity index (χ2v) is 6.98. The van der Waals surface area contributed by atoms with Crippen molar-refractivity contribution in [3.8, 4) is 0 Å². The molecule has 2 saturated heterocycles. The standard InChI is InChI=1S/C19H28FN3O/c1-3-17(15-6-8-16(20)9-7-15)22-11-13-23(14-12-22)19(24)18-5-4-10-21(18)2/h6-9,17-18H,3-5,10-14H2,1-2H3/t17-,18+/m0/s1. The molecule has 0 spiro atoms. The van der Waals surface area contributed by atoms with Crippen LogP contribution >= 0.6 is 0 Å². The lowest BCUT2D eigenvalue weighted by atomic mass is 10.0. The van der Waals surface area contributed by atoms with E-state index in [9.17, 15) is 9.18 Å². The average molecular weight is 333 g/mol. The molecule has 132 valence electrons. The molecule has 1 aromatic carbocycles. The summed E-state index contributed by atoms with van der Waals surface area (Å²) in [6.45, 7) is 6.55. The highest BCUT2D eigenvalue weighted by molar-refractivity contribution is 5.82. The molecule has 2 aliphatic rings. The maximum atomic E-state index is 13.2. The molecule has 2 heterocycles. The van der Waals surface area contributed by atoms with Gasteiger partial charge in [-0.05, 0) is 50.6 Å². The van der Waals surface area contributed by atoms with Crippen LogP contribution in [0.15, 0.2) is 24.3 Å². The van der Waals surface area contributed by atoms with Crippen molar-refractivity contribution < 1.29 is 9.18 Å². The summed E-state index contributed by atoms with van der Waals surface area (Å²) in [6, 6.07) is 7.22. The molecule has 2 atom stereocenters. The van der Waals surface area contributed by atoms with Crippen molar-refractivity contribution in [3.05, 3.63) is 35.6 Å². The zero-order valence-electron chi connectivity index (χ0n) is 14.7. The van der Waals surface area contributed by atoms with Crippen molar-refractivity contribution in [1.82, 2.24) is 14.7 Å². The monoisotopic (exact) mass is 333 g/mol. The molecular weight excluding hydrogens is 305 g/mol. The zero-order valence-corrected chi connectivity index (χ0v) is 14.7. The van der Waals surface area contributed by atoms with Gasteiger partial charge in [-0.1, -0.05) is 19.1 Å². The van der Waals surface area contributed by atoms with E-state index < -0.39 is 0 Å². The van der Waals surface area contributed by atoms with Crippen LogP contribution in [-0.4, -0.2) is 66.4 Å². The Morgan fingerprint density at radius 3 is 2.38 bits per heavy atom. The first kappa shape index (κ1) is 17.4. The maximum Gasteiger partial charge on any atom is 0.240 e. The highest BCUT2D eigenvalue weighted by Crippen LogP contribution is 2.26. The molecule has 4 nitrogen and oxygen atoms in total. The number of halogens is 1. The van der Waals surface area contributed by atoms with Crippen LogP contribution in [0.4, 0.5) is 4.39 Å². The third-order valence-corrected chi connectivity index (χ3v) is 5.51. The van der Waals surface area contributed by atoms with Gasteiger partial charge in [0, 0.05) is 32.2 Å². The Morgan fingerprint density at radius 1 is 1.17 bits per heavy atom. The first-order chi connectivity index (χ1) is 11.6. The Bertz CT molecular complexity index is 554. The minimum Gasteiger partial charge on any atom is -0.339 e. The lowest BCUT2D eigenvalue weighted by molar-refractivity contribution is -0.137. The van der Waals surface area contributed by atoms with Gasteiger partial charge in [-0.2, -0.15) is 0 Å². The van der Waals surface area contributed by atoms with Gasteiger partial charge in [-0.3, -0.25) is 14.6 Å². The van der Waals surface area contributed by atoms with Gasteiger partial charge in [0.1, 0.15) is 5.82 Å². The number of nitrogens with zero attached hydrogens (tertiary/aromatic N) is 3. The number of carbonyl (C=O) groups is 1. The van der Waals surface area contributed by atoms with E-state index in [1.165, 1.54) is 12.1 Å². The number of hydrogen-bond acceptors (Lipinski definition) is 3. The van der Waals surface area contributed by atoms with Crippen LogP contribution in [-0.2, 0) is 4.79 Å². The van der Waals surface area contributed by atoms with E-state index in [0.29, 0.717) is 11.9 Å². The minimum absolute atomic E-state index is 0.0793. The van der Waals surface area contributed by atoms with Gasteiger partial charge in [-0.25, -0.2) is 4.39 Å². The Kier molecular flexibility index (Phi) is 5.51. The van der Waals surface area contributed by atoms with Gasteiger partial charge in [0.05, 0.1) is 6.04 Å². The first-order valence-corrected chi connectivity index (χ1v) is 9.08. The Balaban J connectivity index is 1.59. The third kappa shape index (κ3) is 3.62. The molecule has 24 heavy (non-hydrogen) atoms. The van der Waals surface area contributed by atoms with Crippen molar-refractivity contribution in [3.63, 3.8) is 0 Å². The summed E-state index contributed by atoms with van der Waals surface area (Å²) in [5.41, 5.74) is 1.16. The predicted molar refractivity (Wildman–Crippen MR) is 93.2 cm³/mol. The van der Waals surface area contributed by atoms with Crippen molar-refractivity contribution in [2.24, 2.45) is 0 Å². The molecule has 1 amide bonds. The third-order valence-electron chi connectivity index (χ3n) is 5.51. The van der Waals surface area contributed by atoms with Gasteiger partial charge in [0.25, 0.3) is 0 Å². The Hall–Kier alpha value is -1.46. The molecule has 5 heteroatoms. The molecule has 3 rings (SSSR count). The molecule has 0 aliphatic carbocycles. The van der Waals surface area contributed by atoms with E-state index in [4.69, 9.17) is 0 Å². The van der Waals surface area contributed by atoms with E-state index in [0.717, 1.165) is 57.5 Å². The number of piperazine rings is 1. The van der Waals surface area contributed by atoms with E-state index in [1.54, 1.807) is 0 Å². The van der Waals surface area contributed by atoms with Crippen LogP contribution in [0.5, 0.6) is 0 Å². The summed E-state index contributed by atoms with van der Waals surface area (Å²) in [6.07, 6.45) is 3.10. The molecule has 0 aromatic heterocycles. The quantitative estimate of drug-likeness (QED) is 0.847. The van der Waals surface area contributed by atoms with E-state index in [2.05, 4.69) is 16.7 Å². The van der Waals surface area contributed by atoms with Crippen LogP contribution in [0, 0.1) is 5.82 Å². The lowest BCUT2D eigenvalue weighted by Gasteiger charge is -2.40. The number of likely N-dealkylation sites (N-methyl/N-ethyl adjacent to an activating group) is 1. The van der Waals surface area contributed by atoms with E-state index >= 15 is 0 Å². The minimum atomic E-state index is -0.190. The molecule has 0 N–H and O–H groups in total. The number of rotatable bonds is 4. The molecule has 1 aromatic rings. The first-order valence-electron chi connectivity index (χ1n) is 9.08. The second-order valence-electron chi connectivity index (χ2n) is 6.98. The second kappa shape index (κ2) is 7.62. The van der Waals surface area contributed by atoms with Crippen molar-refractivity contribution in [2.45, 2.75) is 38.3 Å². The van der Waals surface area contributed by atoms with Crippen molar-refractivity contribution >= 4 is 5.91 Å². The van der Waals surface area contributed by atoms with Crippen LogP contribution in [0.1, 0.15) is 37.8 Å². The number of benzene rings is 1. The van der Waals surface area contributed by atoms with Gasteiger partial charge >= 0.3 is 0 Å². The van der Waals surface area contributed by atoms with Crippen LogP contribution in [0.2, 0.25) is 0 Å². The van der Waals surface area contributed by atoms with Gasteiger partial charge < -0.3 is 4.90 Å². The van der Waals surface area contributed by atoms with Crippen LogP contribution < -0.4 is 0 Å². The van der Waals surface area contributed by atoms with Crippen LogP contribution in [0.3, 0.4) is 0 Å². The fraction of sp³-hybridized carbons (Fsp3) is 0.632. The summed E-state index contributed by atoms with van der Waals surface area (Å²) in [7, 11) is 2.05. The molecule has 0 unspecified atom stereocenters. The number of amides is 1. The van der Waals surface area contributed by atoms with Gasteiger partial charge in [0.15, 0.2) is 0 Å². The molecule has 2 fully saturated rings. The van der Waals surface area contributed by atoms with Crippen molar-refractivity contribution in [2.75, 3.05) is 39.8 Å². The summed E-state index contributed by atoms with van der Waals surface area (Å²) in [4.78, 5) is 19.3. The summed E-state index contributed by atoms with van der Waals surface area (Å²) in [5, 5.41) is 0. The Labute approximate surface area is 144 Å². The maximum absolute atomic E-state index is 13.2. The number of carbonyl (C=O) groups excluding carboxylic acids is 1. The molecular formula is C19H28FN3O. The molecule has 2 aliphatic heterocycles. The van der Waals surface area contributed by atoms with Crippen LogP contribution in [0.25, 0.3) is 0 Å². The highest BCUT2D eigenvalue weighted by Gasteiger charge is 2.33. The Morgan fingerprint density at radius 2 is 1.83 bits per heavy atom. The van der Waals surface area contributed by atoms with Crippen molar-refractivity contribution in [1.29, 1.82) is 0 Å². The SMILES string of the molecule is CC[C@@H](c1ccc(F)cc1)N1CCN(C(=O)[C@H]2CCCN2C)CC1. The fourth-order valence-corrected chi connectivity index (χ4v) is 4.08. The predicted octanol–water partition coefficient (Wildman–Crippen LogP) is 2.52. The van der Waals surface area contributed by atoms with E-state index in [1.807, 2.05) is 24.1 Å². The van der Waals surface area contributed by atoms with E-state index in [-0.39, 0.29) is 11.9 Å². The largest absolute Gasteiger partial charge is 0.339 e. The topological polar surface area (TPSA) is 26.8 Å². The zero-order chi connectivity index (χ0) is 17.1. The average Bonchev–Trinajstić information content (AvgIpc) is 3.03. The molecule has 0 bridgehead atoms. The lowest BCUT2D eigenvalue weighted by Crippen LogP contribution is -2.53. The summed E-state index contributed by atoms with van der Waals surface area (Å²) < 4.78 is 13.2. The van der Waals surface area contributed by atoms with Gasteiger partial charge in [0.2, 0.25) is 5.91 Å². The number of likely N-dealkylation sites (tertiary alicyclic amines) is 1. The normalized spacial score (nSPS) is 24.3. The highest BCUT2D eigenvalue weighted by atomic mass is 19.1. The molecule has 0 radical (unpaired) electrons. The fourth-order valence-electron chi connectivity index (χ4n) is 4.08.